The van der Waals surface area contributed by atoms with Crippen molar-refractivity contribution in [3.63, 3.8) is 0 Å². The molecule has 1 aromatic heterocycles. The summed E-state index contributed by atoms with van der Waals surface area (Å²) >= 11 is 0. The Balaban J connectivity index is 1.91. The van der Waals surface area contributed by atoms with Gasteiger partial charge in [-0.05, 0) is 31.4 Å². The Morgan fingerprint density at radius 1 is 1.22 bits per heavy atom. The molecule has 4 rings (SSSR count). The molecule has 0 fully saturated rings. The zero-order chi connectivity index (χ0) is 19.3. The lowest BCUT2D eigenvalue weighted by molar-refractivity contribution is -0.120. The molecular formula is C22H22N2O3. The molecule has 1 aliphatic heterocycles. The van der Waals surface area contributed by atoms with Crippen LogP contribution in [-0.4, -0.2) is 28.0 Å². The smallest absolute Gasteiger partial charge is 0.254 e. The fourth-order valence-corrected chi connectivity index (χ4v) is 4.19. The van der Waals surface area contributed by atoms with Crippen molar-refractivity contribution in [2.45, 2.75) is 27.0 Å². The number of benzene rings is 1. The van der Waals surface area contributed by atoms with Crippen LogP contribution < -0.4 is 5.32 Å². The zero-order valence-electron chi connectivity index (χ0n) is 15.5. The van der Waals surface area contributed by atoms with Gasteiger partial charge in [-0.1, -0.05) is 43.4 Å². The number of H-pyrrole nitrogens is 1. The van der Waals surface area contributed by atoms with E-state index in [9.17, 15) is 14.7 Å². The molecule has 3 atom stereocenters. The van der Waals surface area contributed by atoms with E-state index in [1.54, 1.807) is 6.92 Å². The van der Waals surface area contributed by atoms with Gasteiger partial charge in [-0.15, -0.1) is 0 Å². The quantitative estimate of drug-likeness (QED) is 0.785. The largest absolute Gasteiger partial charge is 0.369 e. The number of para-hydroxylation sites is 1. The van der Waals surface area contributed by atoms with Gasteiger partial charge < -0.3 is 15.4 Å². The van der Waals surface area contributed by atoms with Gasteiger partial charge in [0, 0.05) is 33.7 Å². The Morgan fingerprint density at radius 2 is 1.96 bits per heavy atom. The van der Waals surface area contributed by atoms with E-state index in [1.165, 1.54) is 0 Å². The fourth-order valence-electron chi connectivity index (χ4n) is 4.19. The number of aryl methyl sites for hydroxylation is 1. The van der Waals surface area contributed by atoms with E-state index in [0.717, 1.165) is 27.7 Å². The van der Waals surface area contributed by atoms with Crippen LogP contribution in [0, 0.1) is 18.8 Å². The molecule has 0 bridgehead atoms. The number of aliphatic hydroxyl groups excluding tert-OH is 1. The van der Waals surface area contributed by atoms with E-state index in [1.807, 2.05) is 56.3 Å². The summed E-state index contributed by atoms with van der Waals surface area (Å²) in [6.07, 6.45) is 4.60. The molecular weight excluding hydrogens is 340 g/mol. The summed E-state index contributed by atoms with van der Waals surface area (Å²) in [7, 11) is 0. The number of aromatic nitrogens is 1. The summed E-state index contributed by atoms with van der Waals surface area (Å²) in [5.74, 6) is -0.351. The van der Waals surface area contributed by atoms with Crippen LogP contribution in [0.1, 0.15) is 25.1 Å². The zero-order valence-corrected chi connectivity index (χ0v) is 15.5. The number of rotatable bonds is 3. The van der Waals surface area contributed by atoms with Crippen LogP contribution in [-0.2, 0) is 9.59 Å². The number of carbonyl (C=O) groups is 2. The molecule has 5 heteroatoms. The van der Waals surface area contributed by atoms with Crippen molar-refractivity contribution < 1.29 is 14.7 Å². The summed E-state index contributed by atoms with van der Waals surface area (Å²) in [6, 6.07) is 7.81. The highest BCUT2D eigenvalue weighted by molar-refractivity contribution is 6.27. The van der Waals surface area contributed by atoms with E-state index in [0.29, 0.717) is 11.1 Å². The van der Waals surface area contributed by atoms with Gasteiger partial charge in [0.05, 0.1) is 5.57 Å². The van der Waals surface area contributed by atoms with Gasteiger partial charge in [0.2, 0.25) is 0 Å². The lowest BCUT2D eigenvalue weighted by Crippen LogP contribution is -2.29. The van der Waals surface area contributed by atoms with Crippen molar-refractivity contribution in [2.75, 3.05) is 0 Å². The number of allylic oxidation sites excluding steroid dienone is 3. The Hall–Kier alpha value is -2.92. The van der Waals surface area contributed by atoms with Crippen molar-refractivity contribution >= 4 is 28.2 Å². The van der Waals surface area contributed by atoms with E-state index in [4.69, 9.17) is 0 Å². The van der Waals surface area contributed by atoms with Crippen LogP contribution in [0.4, 0.5) is 0 Å². The van der Waals surface area contributed by atoms with Gasteiger partial charge >= 0.3 is 0 Å². The van der Waals surface area contributed by atoms with Gasteiger partial charge in [0.15, 0.2) is 6.23 Å². The molecule has 2 aromatic rings. The van der Waals surface area contributed by atoms with Gasteiger partial charge in [-0.3, -0.25) is 9.59 Å². The molecule has 3 N–H and O–H groups in total. The third kappa shape index (κ3) is 2.75. The van der Waals surface area contributed by atoms with Crippen LogP contribution in [0.15, 0.2) is 53.6 Å². The van der Waals surface area contributed by atoms with E-state index in [-0.39, 0.29) is 23.5 Å². The maximum absolute atomic E-state index is 12.7. The van der Waals surface area contributed by atoms with E-state index >= 15 is 0 Å². The third-order valence-corrected chi connectivity index (χ3v) is 5.45. The summed E-state index contributed by atoms with van der Waals surface area (Å²) in [5.41, 5.74) is 4.47. The van der Waals surface area contributed by atoms with Crippen molar-refractivity contribution in [1.29, 1.82) is 0 Å². The average molecular weight is 362 g/mol. The number of carbonyl (C=O) groups excluding carboxylic acids is 2. The lowest BCUT2D eigenvalue weighted by Gasteiger charge is -2.22. The number of Topliss-reactive ketones (excluding diaryl/α,β-unsaturated/α-hetero) is 1. The Bertz CT molecular complexity index is 1050. The minimum Gasteiger partial charge on any atom is -0.369 e. The molecule has 0 saturated heterocycles. The first kappa shape index (κ1) is 17.5. The second kappa shape index (κ2) is 6.35. The number of nitrogens with one attached hydrogen (secondary N) is 2. The van der Waals surface area contributed by atoms with Gasteiger partial charge in [-0.25, -0.2) is 0 Å². The molecule has 3 unspecified atom stereocenters. The lowest BCUT2D eigenvalue weighted by atomic mass is 9.81. The molecule has 1 aliphatic carbocycles. The van der Waals surface area contributed by atoms with Crippen LogP contribution in [0.3, 0.4) is 0 Å². The summed E-state index contributed by atoms with van der Waals surface area (Å²) in [5, 5.41) is 14.1. The van der Waals surface area contributed by atoms with Crippen LogP contribution in [0.25, 0.3) is 16.5 Å². The molecule has 0 radical (unpaired) electrons. The summed E-state index contributed by atoms with van der Waals surface area (Å²) in [6.45, 7) is 5.49. The number of hydrogen-bond donors (Lipinski definition) is 3. The summed E-state index contributed by atoms with van der Waals surface area (Å²) in [4.78, 5) is 27.8. The highest BCUT2D eigenvalue weighted by Gasteiger charge is 2.36. The number of amides is 1. The molecule has 2 aliphatic rings. The first-order chi connectivity index (χ1) is 12.9. The number of hydrogen-bond acceptors (Lipinski definition) is 3. The maximum Gasteiger partial charge on any atom is 0.254 e. The number of aliphatic hydroxyl groups is 1. The molecule has 5 nitrogen and oxygen atoms in total. The molecule has 27 heavy (non-hydrogen) atoms. The van der Waals surface area contributed by atoms with Crippen LogP contribution >= 0.6 is 0 Å². The topological polar surface area (TPSA) is 82.2 Å². The highest BCUT2D eigenvalue weighted by atomic mass is 16.3. The van der Waals surface area contributed by atoms with Crippen LogP contribution in [0.5, 0.6) is 0 Å². The first-order valence-electron chi connectivity index (χ1n) is 9.10. The highest BCUT2D eigenvalue weighted by Crippen LogP contribution is 2.39. The molecule has 1 aromatic carbocycles. The average Bonchev–Trinajstić information content (AvgIpc) is 3.08. The van der Waals surface area contributed by atoms with Gasteiger partial charge in [-0.2, -0.15) is 0 Å². The Morgan fingerprint density at radius 3 is 2.67 bits per heavy atom. The van der Waals surface area contributed by atoms with E-state index < -0.39 is 6.23 Å². The van der Waals surface area contributed by atoms with Crippen molar-refractivity contribution in [3.05, 3.63) is 64.9 Å². The molecule has 0 spiro atoms. The Kier molecular flexibility index (Phi) is 4.12. The molecule has 138 valence electrons. The summed E-state index contributed by atoms with van der Waals surface area (Å²) < 4.78 is 0. The molecule has 2 heterocycles. The van der Waals surface area contributed by atoms with Gasteiger partial charge in [0.25, 0.3) is 5.91 Å². The predicted molar refractivity (Wildman–Crippen MR) is 105 cm³/mol. The van der Waals surface area contributed by atoms with Gasteiger partial charge in [0.1, 0.15) is 5.78 Å². The first-order valence-corrected chi connectivity index (χ1v) is 9.10. The fraction of sp³-hybridized carbons (Fsp3) is 0.273. The standard InChI is InChI=1S/C22H22N2O3/c1-11-10-14(8-9-15(11)13(3)25)19-20(22(27)24-21(19)26)18-12(2)23-17-7-5-4-6-16(17)18/h4-11,15,21,23,26H,1-3H3,(H,24,27). The monoisotopic (exact) mass is 362 g/mol. The number of aromatic amines is 1. The third-order valence-electron chi connectivity index (χ3n) is 5.45. The minimum atomic E-state index is -1.07. The normalized spacial score (nSPS) is 25.1. The van der Waals surface area contributed by atoms with Crippen LogP contribution in [0.2, 0.25) is 0 Å². The van der Waals surface area contributed by atoms with Crippen molar-refractivity contribution in [1.82, 2.24) is 10.3 Å². The van der Waals surface area contributed by atoms with Crippen molar-refractivity contribution in [2.24, 2.45) is 11.8 Å². The second-order valence-corrected chi connectivity index (χ2v) is 7.31. The van der Waals surface area contributed by atoms with Crippen molar-refractivity contribution in [3.8, 4) is 0 Å². The predicted octanol–water partition coefficient (Wildman–Crippen LogP) is 3.02. The number of ketones is 1. The Labute approximate surface area is 157 Å². The second-order valence-electron chi connectivity index (χ2n) is 7.31. The number of fused-ring (bicyclic) bond motifs is 1. The van der Waals surface area contributed by atoms with E-state index in [2.05, 4.69) is 10.3 Å². The minimum absolute atomic E-state index is 0.00298. The maximum atomic E-state index is 12.7. The molecule has 1 amide bonds. The molecule has 0 saturated carbocycles. The SMILES string of the molecule is CC(=O)C1C=CC(C2=C(c3c(C)[nH]c4ccccc34)C(=O)NC2O)=CC1C.